The van der Waals surface area contributed by atoms with E-state index in [1.807, 2.05) is 5.38 Å². The van der Waals surface area contributed by atoms with Crippen molar-refractivity contribution in [2.75, 3.05) is 6.54 Å². The van der Waals surface area contributed by atoms with Crippen LogP contribution in [0.4, 0.5) is 0 Å². The molecule has 0 aliphatic carbocycles. The van der Waals surface area contributed by atoms with Crippen molar-refractivity contribution in [2.45, 2.75) is 10.9 Å². The SMILES string of the molecule is O=C(O)[C@@H]1C=CCN1S(=O)c1ccsc1. The molecule has 1 aliphatic heterocycles. The Bertz CT molecular complexity index is 413. The minimum Gasteiger partial charge on any atom is -0.480 e. The number of thiophene rings is 1. The smallest absolute Gasteiger partial charge is 0.325 e. The molecular formula is C9H9NO3S2. The second-order valence-corrected chi connectivity index (χ2v) is 5.24. The molecule has 0 amide bonds. The van der Waals surface area contributed by atoms with E-state index >= 15 is 0 Å². The summed E-state index contributed by atoms with van der Waals surface area (Å²) in [5.41, 5.74) is 0. The van der Waals surface area contributed by atoms with Crippen molar-refractivity contribution in [3.8, 4) is 0 Å². The monoisotopic (exact) mass is 243 g/mol. The first-order valence-electron chi connectivity index (χ1n) is 4.30. The zero-order valence-corrected chi connectivity index (χ0v) is 9.33. The fourth-order valence-electron chi connectivity index (χ4n) is 1.37. The van der Waals surface area contributed by atoms with Crippen LogP contribution in [-0.4, -0.2) is 32.2 Å². The van der Waals surface area contributed by atoms with Crippen LogP contribution in [0.5, 0.6) is 0 Å². The van der Waals surface area contributed by atoms with Crippen LogP contribution in [0.1, 0.15) is 0 Å². The van der Waals surface area contributed by atoms with E-state index in [1.54, 1.807) is 23.6 Å². The first-order chi connectivity index (χ1) is 7.20. The number of carbonyl (C=O) groups is 1. The van der Waals surface area contributed by atoms with E-state index in [4.69, 9.17) is 5.11 Å². The predicted octanol–water partition coefficient (Wildman–Crippen LogP) is 1.10. The molecule has 1 aromatic rings. The fraction of sp³-hybridized carbons (Fsp3) is 0.222. The summed E-state index contributed by atoms with van der Waals surface area (Å²) in [7, 11) is -1.38. The maximum atomic E-state index is 12.0. The molecule has 1 aromatic heterocycles. The molecule has 0 radical (unpaired) electrons. The Morgan fingerprint density at radius 1 is 1.67 bits per heavy atom. The lowest BCUT2D eigenvalue weighted by Gasteiger charge is -2.18. The topological polar surface area (TPSA) is 57.6 Å². The Kier molecular flexibility index (Phi) is 2.99. The molecule has 2 rings (SSSR count). The van der Waals surface area contributed by atoms with Crippen LogP contribution in [0.3, 0.4) is 0 Å². The van der Waals surface area contributed by atoms with Gasteiger partial charge in [-0.1, -0.05) is 12.2 Å². The van der Waals surface area contributed by atoms with E-state index in [0.29, 0.717) is 11.4 Å². The van der Waals surface area contributed by atoms with Gasteiger partial charge in [-0.3, -0.25) is 4.79 Å². The molecule has 15 heavy (non-hydrogen) atoms. The molecule has 2 heterocycles. The lowest BCUT2D eigenvalue weighted by atomic mass is 10.3. The Balaban J connectivity index is 2.18. The number of rotatable bonds is 3. The van der Waals surface area contributed by atoms with Crippen LogP contribution < -0.4 is 0 Å². The Labute approximate surface area is 93.4 Å². The molecule has 1 N–H and O–H groups in total. The molecule has 1 aliphatic rings. The van der Waals surface area contributed by atoms with Gasteiger partial charge in [0.15, 0.2) is 0 Å². The van der Waals surface area contributed by atoms with Crippen molar-refractivity contribution < 1.29 is 14.1 Å². The van der Waals surface area contributed by atoms with E-state index < -0.39 is 23.0 Å². The summed E-state index contributed by atoms with van der Waals surface area (Å²) in [5.74, 6) is -0.965. The van der Waals surface area contributed by atoms with Gasteiger partial charge in [-0.05, 0) is 11.4 Å². The summed E-state index contributed by atoms with van der Waals surface area (Å²) in [6.45, 7) is 0.416. The molecule has 6 heteroatoms. The highest BCUT2D eigenvalue weighted by Crippen LogP contribution is 2.20. The summed E-state index contributed by atoms with van der Waals surface area (Å²) >= 11 is 1.45. The number of hydrogen-bond acceptors (Lipinski definition) is 3. The van der Waals surface area contributed by atoms with Crippen LogP contribution >= 0.6 is 11.3 Å². The molecule has 0 aromatic carbocycles. The zero-order chi connectivity index (χ0) is 10.8. The minimum absolute atomic E-state index is 0.416. The number of aliphatic carboxylic acids is 1. The average molecular weight is 243 g/mol. The molecule has 2 atom stereocenters. The van der Waals surface area contributed by atoms with E-state index in [2.05, 4.69) is 0 Å². The fourth-order valence-corrected chi connectivity index (χ4v) is 3.51. The number of hydrogen-bond donors (Lipinski definition) is 1. The average Bonchev–Trinajstić information content (AvgIpc) is 2.88. The van der Waals surface area contributed by atoms with Crippen molar-refractivity contribution >= 4 is 28.3 Å². The third-order valence-electron chi connectivity index (χ3n) is 2.08. The largest absolute Gasteiger partial charge is 0.480 e. The van der Waals surface area contributed by atoms with Crippen molar-refractivity contribution in [1.82, 2.24) is 4.31 Å². The van der Waals surface area contributed by atoms with Crippen LogP contribution in [0, 0.1) is 0 Å². The highest BCUT2D eigenvalue weighted by molar-refractivity contribution is 7.82. The Morgan fingerprint density at radius 3 is 3.07 bits per heavy atom. The molecule has 1 unspecified atom stereocenters. The molecule has 0 spiro atoms. The molecule has 4 nitrogen and oxygen atoms in total. The second kappa shape index (κ2) is 4.26. The van der Waals surface area contributed by atoms with Gasteiger partial charge in [-0.25, -0.2) is 4.21 Å². The summed E-state index contributed by atoms with van der Waals surface area (Å²) < 4.78 is 13.4. The van der Waals surface area contributed by atoms with Gasteiger partial charge in [0.05, 0.1) is 4.90 Å². The highest BCUT2D eigenvalue weighted by atomic mass is 32.2. The second-order valence-electron chi connectivity index (χ2n) is 3.02. The minimum atomic E-state index is -1.38. The molecule has 0 saturated carbocycles. The van der Waals surface area contributed by atoms with Crippen LogP contribution in [0.25, 0.3) is 0 Å². The van der Waals surface area contributed by atoms with Gasteiger partial charge >= 0.3 is 5.97 Å². The summed E-state index contributed by atoms with van der Waals surface area (Å²) in [4.78, 5) is 11.5. The van der Waals surface area contributed by atoms with Crippen LogP contribution in [0.15, 0.2) is 33.9 Å². The number of carboxylic acids is 1. The number of nitrogens with zero attached hydrogens (tertiary/aromatic N) is 1. The molecular weight excluding hydrogens is 234 g/mol. The number of carboxylic acid groups (broad SMARTS) is 1. The Morgan fingerprint density at radius 2 is 2.47 bits per heavy atom. The van der Waals surface area contributed by atoms with Gasteiger partial charge in [0.25, 0.3) is 0 Å². The van der Waals surface area contributed by atoms with E-state index in [1.165, 1.54) is 15.6 Å². The van der Waals surface area contributed by atoms with Crippen molar-refractivity contribution in [3.63, 3.8) is 0 Å². The van der Waals surface area contributed by atoms with E-state index in [9.17, 15) is 9.00 Å². The lowest BCUT2D eigenvalue weighted by molar-refractivity contribution is -0.139. The van der Waals surface area contributed by atoms with Crippen LogP contribution in [-0.2, 0) is 15.8 Å². The van der Waals surface area contributed by atoms with Crippen molar-refractivity contribution in [2.24, 2.45) is 0 Å². The predicted molar refractivity (Wildman–Crippen MR) is 58.0 cm³/mol. The standard InChI is InChI=1S/C9H9NO3S2/c11-9(12)8-2-1-4-10(8)15(13)7-3-5-14-6-7/h1-3,5-6,8H,4H2,(H,11,12)/t8-,15?/m0/s1. The maximum Gasteiger partial charge on any atom is 0.325 e. The first kappa shape index (κ1) is 10.5. The first-order valence-corrected chi connectivity index (χ1v) is 6.35. The third kappa shape index (κ3) is 2.01. The van der Waals surface area contributed by atoms with E-state index in [0.717, 1.165) is 0 Å². The van der Waals surface area contributed by atoms with Crippen LogP contribution in [0.2, 0.25) is 0 Å². The third-order valence-corrected chi connectivity index (χ3v) is 4.37. The summed E-state index contributed by atoms with van der Waals surface area (Å²) in [5, 5.41) is 12.5. The van der Waals surface area contributed by atoms with Gasteiger partial charge in [0, 0.05) is 11.9 Å². The lowest BCUT2D eigenvalue weighted by Crippen LogP contribution is -2.37. The molecule has 80 valence electrons. The zero-order valence-electron chi connectivity index (χ0n) is 7.70. The maximum absolute atomic E-state index is 12.0. The quantitative estimate of drug-likeness (QED) is 0.809. The molecule has 0 saturated heterocycles. The normalized spacial score (nSPS) is 23.1. The summed E-state index contributed by atoms with van der Waals surface area (Å²) in [6.07, 6.45) is 3.29. The van der Waals surface area contributed by atoms with Gasteiger partial charge in [0.1, 0.15) is 17.0 Å². The molecule has 0 bridgehead atoms. The van der Waals surface area contributed by atoms with Gasteiger partial charge in [-0.15, -0.1) is 0 Å². The van der Waals surface area contributed by atoms with Gasteiger partial charge in [-0.2, -0.15) is 15.6 Å². The van der Waals surface area contributed by atoms with Gasteiger partial charge < -0.3 is 5.11 Å². The van der Waals surface area contributed by atoms with Gasteiger partial charge in [0.2, 0.25) is 0 Å². The molecule has 0 fully saturated rings. The Hall–Kier alpha value is -0.980. The highest BCUT2D eigenvalue weighted by Gasteiger charge is 2.31. The summed E-state index contributed by atoms with van der Waals surface area (Å²) in [6, 6.07) is 0.976. The van der Waals surface area contributed by atoms with E-state index in [-0.39, 0.29) is 0 Å². The van der Waals surface area contributed by atoms with Crippen molar-refractivity contribution in [1.29, 1.82) is 0 Å². The van der Waals surface area contributed by atoms with Crippen molar-refractivity contribution in [3.05, 3.63) is 29.0 Å².